The first-order valence-corrected chi connectivity index (χ1v) is 8.10. The van der Waals surface area contributed by atoms with E-state index in [1.165, 1.54) is 19.3 Å². The lowest BCUT2D eigenvalue weighted by molar-refractivity contribution is 0.0429. The molecule has 2 rings (SSSR count). The van der Waals surface area contributed by atoms with Crippen LogP contribution in [0, 0.1) is 6.92 Å². The van der Waals surface area contributed by atoms with Gasteiger partial charge in [-0.15, -0.1) is 0 Å². The fourth-order valence-corrected chi connectivity index (χ4v) is 2.98. The zero-order valence-electron chi connectivity index (χ0n) is 14.0. The molecule has 0 unspecified atom stereocenters. The first-order chi connectivity index (χ1) is 10.1. The van der Waals surface area contributed by atoms with Crippen LogP contribution in [-0.4, -0.2) is 53.8 Å². The standard InChI is InChI=1S/C16H30N4O/c1-5-21-11-7-10-17-15-18-14(2)12-20(15)13-16(19(3)4)8-6-9-16/h12H,5-11,13H2,1-4H3,(H,17,18). The molecule has 0 aliphatic heterocycles. The second-order valence-electron chi connectivity index (χ2n) is 6.28. The van der Waals surface area contributed by atoms with Gasteiger partial charge in [-0.05, 0) is 53.6 Å². The first-order valence-electron chi connectivity index (χ1n) is 8.10. The Bertz CT molecular complexity index is 437. The van der Waals surface area contributed by atoms with Crippen molar-refractivity contribution in [2.24, 2.45) is 0 Å². The molecule has 0 saturated heterocycles. The van der Waals surface area contributed by atoms with E-state index in [-0.39, 0.29) is 0 Å². The molecule has 0 bridgehead atoms. The number of nitrogens with one attached hydrogen (secondary N) is 1. The molecule has 5 heteroatoms. The average molecular weight is 294 g/mol. The molecule has 5 nitrogen and oxygen atoms in total. The smallest absolute Gasteiger partial charge is 0.203 e. The zero-order valence-corrected chi connectivity index (χ0v) is 14.0. The van der Waals surface area contributed by atoms with Crippen LogP contribution in [0.15, 0.2) is 6.20 Å². The topological polar surface area (TPSA) is 42.3 Å². The number of rotatable bonds is 9. The van der Waals surface area contributed by atoms with Gasteiger partial charge < -0.3 is 19.5 Å². The zero-order chi connectivity index (χ0) is 15.3. The van der Waals surface area contributed by atoms with E-state index in [9.17, 15) is 0 Å². The molecular formula is C16H30N4O. The van der Waals surface area contributed by atoms with Crippen molar-refractivity contribution in [1.82, 2.24) is 14.5 Å². The van der Waals surface area contributed by atoms with E-state index >= 15 is 0 Å². The average Bonchev–Trinajstić information content (AvgIpc) is 2.73. The number of aryl methyl sites for hydroxylation is 1. The Labute approximate surface area is 128 Å². The van der Waals surface area contributed by atoms with E-state index in [2.05, 4.69) is 47.0 Å². The van der Waals surface area contributed by atoms with Gasteiger partial charge in [-0.3, -0.25) is 0 Å². The van der Waals surface area contributed by atoms with Crippen LogP contribution in [0.4, 0.5) is 5.95 Å². The van der Waals surface area contributed by atoms with Crippen LogP contribution in [0.2, 0.25) is 0 Å². The maximum Gasteiger partial charge on any atom is 0.203 e. The van der Waals surface area contributed by atoms with Gasteiger partial charge in [-0.25, -0.2) is 4.98 Å². The van der Waals surface area contributed by atoms with Crippen molar-refractivity contribution in [3.05, 3.63) is 11.9 Å². The van der Waals surface area contributed by atoms with Gasteiger partial charge in [-0.2, -0.15) is 0 Å². The Kier molecular flexibility index (Phi) is 5.65. The van der Waals surface area contributed by atoms with Gasteiger partial charge in [0.25, 0.3) is 0 Å². The largest absolute Gasteiger partial charge is 0.382 e. The Morgan fingerprint density at radius 1 is 1.43 bits per heavy atom. The Hall–Kier alpha value is -1.07. The van der Waals surface area contributed by atoms with Crippen molar-refractivity contribution in [2.45, 2.75) is 51.6 Å². The summed E-state index contributed by atoms with van der Waals surface area (Å²) in [5.74, 6) is 0.997. The fraction of sp³-hybridized carbons (Fsp3) is 0.812. The minimum absolute atomic E-state index is 0.314. The number of aromatic nitrogens is 2. The summed E-state index contributed by atoms with van der Waals surface area (Å²) in [4.78, 5) is 7.00. The highest BCUT2D eigenvalue weighted by molar-refractivity contribution is 5.29. The summed E-state index contributed by atoms with van der Waals surface area (Å²) >= 11 is 0. The van der Waals surface area contributed by atoms with Gasteiger partial charge in [0, 0.05) is 38.0 Å². The molecule has 21 heavy (non-hydrogen) atoms. The molecule has 1 aliphatic carbocycles. The van der Waals surface area contributed by atoms with Crippen molar-refractivity contribution in [2.75, 3.05) is 39.2 Å². The molecular weight excluding hydrogens is 264 g/mol. The van der Waals surface area contributed by atoms with Gasteiger partial charge >= 0.3 is 0 Å². The Morgan fingerprint density at radius 2 is 2.19 bits per heavy atom. The Morgan fingerprint density at radius 3 is 2.76 bits per heavy atom. The second kappa shape index (κ2) is 7.27. The molecule has 1 aromatic rings. The lowest BCUT2D eigenvalue weighted by Gasteiger charge is -2.47. The maximum atomic E-state index is 5.37. The van der Waals surface area contributed by atoms with Crippen molar-refractivity contribution in [3.63, 3.8) is 0 Å². The molecule has 0 amide bonds. The number of anilines is 1. The number of imidazole rings is 1. The lowest BCUT2D eigenvalue weighted by atomic mass is 9.75. The monoisotopic (exact) mass is 294 g/mol. The minimum Gasteiger partial charge on any atom is -0.382 e. The van der Waals surface area contributed by atoms with Crippen molar-refractivity contribution >= 4 is 5.95 Å². The summed E-state index contributed by atoms with van der Waals surface area (Å²) in [6, 6.07) is 0. The highest BCUT2D eigenvalue weighted by Gasteiger charge is 2.39. The summed E-state index contributed by atoms with van der Waals surface area (Å²) in [6.45, 7) is 7.62. The predicted molar refractivity (Wildman–Crippen MR) is 86.8 cm³/mol. The number of likely N-dealkylation sites (N-methyl/N-ethyl adjacent to an activating group) is 1. The van der Waals surface area contributed by atoms with E-state index in [1.807, 2.05) is 6.92 Å². The summed E-state index contributed by atoms with van der Waals surface area (Å²) in [5.41, 5.74) is 1.39. The van der Waals surface area contributed by atoms with Crippen LogP contribution in [0.5, 0.6) is 0 Å². The van der Waals surface area contributed by atoms with Gasteiger partial charge in [0.05, 0.1) is 5.69 Å². The summed E-state index contributed by atoms with van der Waals surface area (Å²) in [6.07, 6.45) is 7.07. The van der Waals surface area contributed by atoms with Crippen molar-refractivity contribution in [3.8, 4) is 0 Å². The highest BCUT2D eigenvalue weighted by atomic mass is 16.5. The minimum atomic E-state index is 0.314. The molecule has 0 aromatic carbocycles. The molecule has 1 saturated carbocycles. The molecule has 1 aliphatic rings. The van der Waals surface area contributed by atoms with E-state index in [0.29, 0.717) is 5.54 Å². The number of ether oxygens (including phenoxy) is 1. The molecule has 120 valence electrons. The highest BCUT2D eigenvalue weighted by Crippen LogP contribution is 2.38. The van der Waals surface area contributed by atoms with Crippen LogP contribution in [0.3, 0.4) is 0 Å². The van der Waals surface area contributed by atoms with E-state index in [4.69, 9.17) is 4.74 Å². The SMILES string of the molecule is CCOCCCNc1nc(C)cn1CC1(N(C)C)CCC1. The first kappa shape index (κ1) is 16.3. The maximum absolute atomic E-state index is 5.37. The van der Waals surface area contributed by atoms with E-state index in [0.717, 1.165) is 44.4 Å². The second-order valence-corrected chi connectivity index (χ2v) is 6.28. The molecule has 1 N–H and O–H groups in total. The molecule has 1 heterocycles. The van der Waals surface area contributed by atoms with Crippen molar-refractivity contribution in [1.29, 1.82) is 0 Å². The number of nitrogens with zero attached hydrogens (tertiary/aromatic N) is 3. The van der Waals surface area contributed by atoms with Gasteiger partial charge in [-0.1, -0.05) is 0 Å². The summed E-state index contributed by atoms with van der Waals surface area (Å²) in [5, 5.41) is 3.46. The molecule has 0 spiro atoms. The van der Waals surface area contributed by atoms with Gasteiger partial charge in [0.15, 0.2) is 0 Å². The normalized spacial score (nSPS) is 17.0. The van der Waals surface area contributed by atoms with Crippen LogP contribution in [0.25, 0.3) is 0 Å². The predicted octanol–water partition coefficient (Wildman–Crippen LogP) is 2.51. The fourth-order valence-electron chi connectivity index (χ4n) is 2.98. The Balaban J connectivity index is 1.93. The van der Waals surface area contributed by atoms with Crippen LogP contribution < -0.4 is 5.32 Å². The third kappa shape index (κ3) is 3.98. The molecule has 0 atom stereocenters. The van der Waals surface area contributed by atoms with E-state index in [1.54, 1.807) is 0 Å². The van der Waals surface area contributed by atoms with E-state index < -0.39 is 0 Å². The summed E-state index contributed by atoms with van der Waals surface area (Å²) in [7, 11) is 4.39. The quantitative estimate of drug-likeness (QED) is 0.711. The lowest BCUT2D eigenvalue weighted by Crippen LogP contribution is -2.53. The van der Waals surface area contributed by atoms with Gasteiger partial charge in [0.2, 0.25) is 5.95 Å². The van der Waals surface area contributed by atoms with Crippen molar-refractivity contribution < 1.29 is 4.74 Å². The number of hydrogen-bond acceptors (Lipinski definition) is 4. The molecule has 0 radical (unpaired) electrons. The third-order valence-electron chi connectivity index (χ3n) is 4.55. The van der Waals surface area contributed by atoms with Crippen LogP contribution >= 0.6 is 0 Å². The van der Waals surface area contributed by atoms with Crippen LogP contribution in [-0.2, 0) is 11.3 Å². The molecule has 1 fully saturated rings. The third-order valence-corrected chi connectivity index (χ3v) is 4.55. The molecule has 1 aromatic heterocycles. The number of hydrogen-bond donors (Lipinski definition) is 1. The summed E-state index contributed by atoms with van der Waals surface area (Å²) < 4.78 is 7.66. The van der Waals surface area contributed by atoms with Gasteiger partial charge in [0.1, 0.15) is 0 Å². The van der Waals surface area contributed by atoms with Crippen LogP contribution in [0.1, 0.15) is 38.3 Å².